The van der Waals surface area contributed by atoms with Crippen molar-refractivity contribution in [3.8, 4) is 0 Å². The number of nitrogens with zero attached hydrogens (tertiary/aromatic N) is 1. The summed E-state index contributed by atoms with van der Waals surface area (Å²) in [5, 5.41) is 3.13. The second-order valence-electron chi connectivity index (χ2n) is 8.48. The van der Waals surface area contributed by atoms with Gasteiger partial charge in [0, 0.05) is 6.54 Å². The number of furan rings is 1. The van der Waals surface area contributed by atoms with Gasteiger partial charge in [0.25, 0.3) is 0 Å². The highest BCUT2D eigenvalue weighted by molar-refractivity contribution is 5.87. The third kappa shape index (κ3) is 4.05. The first kappa shape index (κ1) is 18.5. The van der Waals surface area contributed by atoms with Crippen LogP contribution in [-0.2, 0) is 20.9 Å². The molecular weight excluding hydrogens is 344 g/mol. The van der Waals surface area contributed by atoms with Crippen LogP contribution in [0.5, 0.6) is 0 Å². The van der Waals surface area contributed by atoms with Gasteiger partial charge in [-0.05, 0) is 76.6 Å². The maximum absolute atomic E-state index is 12.7. The molecule has 1 amide bonds. The number of rotatable bonds is 5. The van der Waals surface area contributed by atoms with Crippen molar-refractivity contribution < 1.29 is 18.7 Å². The highest BCUT2D eigenvalue weighted by Gasteiger charge is 2.53. The van der Waals surface area contributed by atoms with E-state index in [-0.39, 0.29) is 24.2 Å². The Labute approximate surface area is 160 Å². The van der Waals surface area contributed by atoms with Gasteiger partial charge in [0.15, 0.2) is 0 Å². The predicted octanol–water partition coefficient (Wildman–Crippen LogP) is 2.79. The minimum Gasteiger partial charge on any atom is -0.465 e. The van der Waals surface area contributed by atoms with Crippen molar-refractivity contribution in [3.05, 3.63) is 23.7 Å². The molecule has 1 aliphatic carbocycles. The molecule has 4 rings (SSSR count). The number of carbonyl (C=O) groups is 2. The van der Waals surface area contributed by atoms with E-state index in [1.807, 2.05) is 19.1 Å². The molecule has 1 spiro atoms. The van der Waals surface area contributed by atoms with E-state index in [9.17, 15) is 9.59 Å². The van der Waals surface area contributed by atoms with Crippen LogP contribution in [0.15, 0.2) is 16.5 Å². The number of ether oxygens (including phenoxy) is 1. The van der Waals surface area contributed by atoms with Crippen LogP contribution in [0.4, 0.5) is 0 Å². The minimum absolute atomic E-state index is 0.0104. The second-order valence-corrected chi connectivity index (χ2v) is 8.48. The van der Waals surface area contributed by atoms with Crippen LogP contribution in [0.1, 0.15) is 56.5 Å². The highest BCUT2D eigenvalue weighted by Crippen LogP contribution is 2.45. The smallest absolute Gasteiger partial charge is 0.307 e. The van der Waals surface area contributed by atoms with Gasteiger partial charge in [-0.3, -0.25) is 14.5 Å². The summed E-state index contributed by atoms with van der Waals surface area (Å²) < 4.78 is 11.3. The Morgan fingerprint density at radius 1 is 1.26 bits per heavy atom. The molecule has 0 unspecified atom stereocenters. The molecule has 2 aliphatic heterocycles. The summed E-state index contributed by atoms with van der Waals surface area (Å²) in [6.07, 6.45) is 6.15. The fourth-order valence-corrected chi connectivity index (χ4v) is 4.96. The number of hydrogen-bond acceptors (Lipinski definition) is 5. The van der Waals surface area contributed by atoms with Crippen LogP contribution in [0.25, 0.3) is 0 Å². The Kier molecular flexibility index (Phi) is 5.26. The molecule has 27 heavy (non-hydrogen) atoms. The van der Waals surface area contributed by atoms with E-state index in [2.05, 4.69) is 10.2 Å². The Bertz CT molecular complexity index is 684. The van der Waals surface area contributed by atoms with Crippen molar-refractivity contribution in [3.63, 3.8) is 0 Å². The van der Waals surface area contributed by atoms with Crippen LogP contribution in [-0.4, -0.2) is 42.0 Å². The summed E-state index contributed by atoms with van der Waals surface area (Å²) in [5.74, 6) is 1.98. The lowest BCUT2D eigenvalue weighted by Gasteiger charge is -2.32. The number of nitrogens with one attached hydrogen (secondary N) is 1. The average Bonchev–Trinajstić information content (AvgIpc) is 3.36. The molecule has 6 heteroatoms. The highest BCUT2D eigenvalue weighted by atomic mass is 16.6. The van der Waals surface area contributed by atoms with E-state index >= 15 is 0 Å². The fourth-order valence-electron chi connectivity index (χ4n) is 4.96. The van der Waals surface area contributed by atoms with Gasteiger partial charge in [0.2, 0.25) is 5.91 Å². The fraction of sp³-hybridized carbons (Fsp3) is 0.714. The zero-order valence-corrected chi connectivity index (χ0v) is 16.2. The third-order valence-corrected chi connectivity index (χ3v) is 6.54. The van der Waals surface area contributed by atoms with E-state index in [0.29, 0.717) is 12.5 Å². The first-order valence-electron chi connectivity index (χ1n) is 10.3. The standard InChI is InChI=1S/C21H30N2O4/c1-15-4-5-17(26-15)14-23-10-6-16(7-11-23)13-22-20(25)18-12-19(24)27-21(18)8-2-3-9-21/h4-5,16,18H,2-3,6-14H2,1H3,(H,22,25)/t18-/m0/s1. The van der Waals surface area contributed by atoms with Crippen molar-refractivity contribution in [2.24, 2.45) is 11.8 Å². The molecule has 3 fully saturated rings. The van der Waals surface area contributed by atoms with E-state index in [1.54, 1.807) is 0 Å². The van der Waals surface area contributed by atoms with Crippen LogP contribution in [0, 0.1) is 18.8 Å². The number of amides is 1. The van der Waals surface area contributed by atoms with Crippen LogP contribution in [0.2, 0.25) is 0 Å². The second kappa shape index (κ2) is 7.66. The largest absolute Gasteiger partial charge is 0.465 e. The van der Waals surface area contributed by atoms with Gasteiger partial charge in [-0.15, -0.1) is 0 Å². The monoisotopic (exact) mass is 374 g/mol. The maximum atomic E-state index is 12.7. The van der Waals surface area contributed by atoms with Crippen molar-refractivity contribution in [1.29, 1.82) is 0 Å². The zero-order valence-electron chi connectivity index (χ0n) is 16.2. The van der Waals surface area contributed by atoms with Gasteiger partial charge in [0.1, 0.15) is 17.1 Å². The van der Waals surface area contributed by atoms with Crippen molar-refractivity contribution in [2.45, 2.75) is 64.0 Å². The summed E-state index contributed by atoms with van der Waals surface area (Å²) in [4.78, 5) is 26.9. The van der Waals surface area contributed by atoms with Crippen LogP contribution >= 0.6 is 0 Å². The first-order chi connectivity index (χ1) is 13.0. The Morgan fingerprint density at radius 2 is 2.00 bits per heavy atom. The number of carbonyl (C=O) groups excluding carboxylic acids is 2. The Morgan fingerprint density at radius 3 is 2.67 bits per heavy atom. The van der Waals surface area contributed by atoms with Gasteiger partial charge in [-0.25, -0.2) is 0 Å². The Hall–Kier alpha value is -1.82. The Balaban J connectivity index is 1.23. The van der Waals surface area contributed by atoms with E-state index in [4.69, 9.17) is 9.15 Å². The van der Waals surface area contributed by atoms with Crippen LogP contribution < -0.4 is 5.32 Å². The lowest BCUT2D eigenvalue weighted by atomic mass is 9.85. The van der Waals surface area contributed by atoms with Gasteiger partial charge >= 0.3 is 5.97 Å². The quantitative estimate of drug-likeness (QED) is 0.803. The lowest BCUT2D eigenvalue weighted by molar-refractivity contribution is -0.150. The predicted molar refractivity (Wildman–Crippen MR) is 99.9 cm³/mol. The van der Waals surface area contributed by atoms with Gasteiger partial charge in [-0.1, -0.05) is 0 Å². The van der Waals surface area contributed by atoms with E-state index < -0.39 is 5.60 Å². The van der Waals surface area contributed by atoms with Gasteiger partial charge < -0.3 is 14.5 Å². The molecule has 1 atom stereocenters. The summed E-state index contributed by atoms with van der Waals surface area (Å²) in [6, 6.07) is 4.05. The number of esters is 1. The number of likely N-dealkylation sites (tertiary alicyclic amines) is 1. The molecule has 1 N–H and O–H groups in total. The summed E-state index contributed by atoms with van der Waals surface area (Å²) >= 11 is 0. The SMILES string of the molecule is Cc1ccc(CN2CCC(CNC(=O)[C@@H]3CC(=O)OC34CCCC4)CC2)o1. The molecule has 0 aromatic carbocycles. The lowest BCUT2D eigenvalue weighted by Crippen LogP contribution is -2.45. The van der Waals surface area contributed by atoms with Gasteiger partial charge in [-0.2, -0.15) is 0 Å². The minimum atomic E-state index is -0.508. The molecule has 3 heterocycles. The maximum Gasteiger partial charge on any atom is 0.307 e. The molecule has 1 aromatic rings. The number of hydrogen-bond donors (Lipinski definition) is 1. The summed E-state index contributed by atoms with van der Waals surface area (Å²) in [7, 11) is 0. The molecule has 0 bridgehead atoms. The normalized spacial score (nSPS) is 25.8. The van der Waals surface area contributed by atoms with E-state index in [1.165, 1.54) is 0 Å². The van der Waals surface area contributed by atoms with Crippen LogP contribution in [0.3, 0.4) is 0 Å². The van der Waals surface area contributed by atoms with Crippen molar-refractivity contribution in [1.82, 2.24) is 10.2 Å². The summed E-state index contributed by atoms with van der Waals surface area (Å²) in [6.45, 7) is 5.58. The average molecular weight is 374 g/mol. The topological polar surface area (TPSA) is 71.8 Å². The van der Waals surface area contributed by atoms with Gasteiger partial charge in [0.05, 0.1) is 18.9 Å². The molecule has 0 radical (unpaired) electrons. The first-order valence-corrected chi connectivity index (χ1v) is 10.3. The third-order valence-electron chi connectivity index (χ3n) is 6.54. The summed E-state index contributed by atoms with van der Waals surface area (Å²) in [5.41, 5.74) is -0.508. The molecule has 3 aliphatic rings. The number of aryl methyl sites for hydroxylation is 1. The molecule has 1 saturated carbocycles. The molecule has 1 aromatic heterocycles. The van der Waals surface area contributed by atoms with E-state index in [0.717, 1.165) is 69.7 Å². The molecule has 6 nitrogen and oxygen atoms in total. The molecule has 2 saturated heterocycles. The van der Waals surface area contributed by atoms with Crippen molar-refractivity contribution >= 4 is 11.9 Å². The molecular formula is C21H30N2O4. The zero-order chi connectivity index (χ0) is 18.9. The number of piperidine rings is 1. The molecule has 148 valence electrons. The van der Waals surface area contributed by atoms with Crippen molar-refractivity contribution in [2.75, 3.05) is 19.6 Å².